The van der Waals surface area contributed by atoms with Crippen LogP contribution in [0.1, 0.15) is 41.5 Å². The summed E-state index contributed by atoms with van der Waals surface area (Å²) in [5.74, 6) is 0.248. The highest BCUT2D eigenvalue weighted by Gasteiger charge is 2.43. The van der Waals surface area contributed by atoms with Crippen LogP contribution in [0, 0.1) is 0 Å². The van der Waals surface area contributed by atoms with Crippen molar-refractivity contribution >= 4 is 23.4 Å². The number of hydrogen-bond donors (Lipinski definition) is 2. The summed E-state index contributed by atoms with van der Waals surface area (Å²) in [5, 5.41) is 5.82. The third kappa shape index (κ3) is 5.76. The molecule has 1 fully saturated rings. The number of hydrogen-bond acceptors (Lipinski definition) is 7. The van der Waals surface area contributed by atoms with Crippen LogP contribution in [0.4, 0.5) is 16.2 Å². The van der Waals surface area contributed by atoms with Crippen LogP contribution < -0.4 is 20.3 Å². The van der Waals surface area contributed by atoms with Gasteiger partial charge in [0.25, 0.3) is 5.91 Å². The van der Waals surface area contributed by atoms with Crippen LogP contribution in [0.15, 0.2) is 18.2 Å². The van der Waals surface area contributed by atoms with Crippen molar-refractivity contribution in [3.8, 4) is 5.75 Å². The van der Waals surface area contributed by atoms with Crippen molar-refractivity contribution in [3.63, 3.8) is 0 Å². The number of carbonyl (C=O) groups excluding carboxylic acids is 2. The Morgan fingerprint density at radius 3 is 2.50 bits per heavy atom. The molecule has 2 heterocycles. The second-order valence-electron chi connectivity index (χ2n) is 9.39. The third-order valence-corrected chi connectivity index (χ3v) is 4.28. The Morgan fingerprint density at radius 2 is 1.87 bits per heavy atom. The molecule has 9 heteroatoms. The number of rotatable bonds is 4. The minimum Gasteiger partial charge on any atom is -0.489 e. The number of fused-ring (bicyclic) bond motifs is 1. The topological polar surface area (TPSA) is 102 Å². The predicted octanol–water partition coefficient (Wildman–Crippen LogP) is 2.84. The van der Waals surface area contributed by atoms with E-state index >= 15 is 0 Å². The smallest absolute Gasteiger partial charge is 0.408 e. The zero-order valence-electron chi connectivity index (χ0n) is 18.6. The van der Waals surface area contributed by atoms with Gasteiger partial charge in [-0.25, -0.2) is 4.79 Å². The van der Waals surface area contributed by atoms with Crippen molar-refractivity contribution in [3.05, 3.63) is 18.2 Å². The van der Waals surface area contributed by atoms with Gasteiger partial charge in [0.15, 0.2) is 6.23 Å². The van der Waals surface area contributed by atoms with Gasteiger partial charge < -0.3 is 34.5 Å². The lowest BCUT2D eigenvalue weighted by atomic mass is 10.2. The lowest BCUT2D eigenvalue weighted by Gasteiger charge is -2.23. The number of anilines is 2. The number of nitrogens with one attached hydrogen (secondary N) is 2. The first kappa shape index (κ1) is 22.2. The molecule has 0 aromatic heterocycles. The summed E-state index contributed by atoms with van der Waals surface area (Å²) in [6.07, 6.45) is -1.24. The molecule has 2 aliphatic rings. The van der Waals surface area contributed by atoms with Gasteiger partial charge in [0.05, 0.1) is 11.3 Å². The van der Waals surface area contributed by atoms with Crippen LogP contribution in [0.25, 0.3) is 0 Å². The van der Waals surface area contributed by atoms with Crippen molar-refractivity contribution < 1.29 is 28.5 Å². The van der Waals surface area contributed by atoms with Gasteiger partial charge in [-0.05, 0) is 59.7 Å². The number of nitrogens with zero attached hydrogens (tertiary/aromatic N) is 1. The lowest BCUT2D eigenvalue weighted by molar-refractivity contribution is -0.120. The SMILES string of the molecule is CN1C(=O)C(NC(=O)OC(C)(C)C)COc2ccc(NC3OC3OC(C)(C)C)cc21. The first-order valence-corrected chi connectivity index (χ1v) is 9.96. The molecule has 0 saturated carbocycles. The number of amides is 2. The Kier molecular flexibility index (Phi) is 5.88. The second-order valence-corrected chi connectivity index (χ2v) is 9.39. The number of alkyl carbamates (subject to hydrolysis) is 1. The Bertz CT molecular complexity index is 814. The van der Waals surface area contributed by atoms with Gasteiger partial charge in [-0.1, -0.05) is 0 Å². The van der Waals surface area contributed by atoms with Gasteiger partial charge in [0.1, 0.15) is 24.0 Å². The van der Waals surface area contributed by atoms with Gasteiger partial charge in [-0.2, -0.15) is 0 Å². The lowest BCUT2D eigenvalue weighted by Crippen LogP contribution is -2.50. The first-order chi connectivity index (χ1) is 13.8. The molecule has 3 atom stereocenters. The highest BCUT2D eigenvalue weighted by atomic mass is 16.8. The van der Waals surface area contributed by atoms with E-state index in [1.807, 2.05) is 26.8 Å². The third-order valence-electron chi connectivity index (χ3n) is 4.28. The van der Waals surface area contributed by atoms with Gasteiger partial charge in [0.2, 0.25) is 6.29 Å². The molecule has 30 heavy (non-hydrogen) atoms. The molecule has 0 spiro atoms. The van der Waals surface area contributed by atoms with Crippen LogP contribution in [0.2, 0.25) is 0 Å². The van der Waals surface area contributed by atoms with E-state index in [0.717, 1.165) is 5.69 Å². The van der Waals surface area contributed by atoms with E-state index in [-0.39, 0.29) is 30.6 Å². The van der Waals surface area contributed by atoms with Crippen LogP contribution in [-0.4, -0.2) is 55.4 Å². The van der Waals surface area contributed by atoms with Gasteiger partial charge >= 0.3 is 6.09 Å². The zero-order chi connectivity index (χ0) is 22.3. The molecule has 2 aliphatic heterocycles. The molecule has 0 aliphatic carbocycles. The quantitative estimate of drug-likeness (QED) is 0.721. The van der Waals surface area contributed by atoms with Crippen molar-refractivity contribution in [1.82, 2.24) is 5.32 Å². The number of likely N-dealkylation sites (N-methyl/N-ethyl adjacent to an activating group) is 1. The number of ether oxygens (including phenoxy) is 4. The average molecular weight is 421 g/mol. The maximum absolute atomic E-state index is 12.9. The molecule has 1 aromatic rings. The molecule has 1 aromatic carbocycles. The molecule has 2 amide bonds. The summed E-state index contributed by atoms with van der Waals surface area (Å²) >= 11 is 0. The van der Waals surface area contributed by atoms with Gasteiger partial charge in [0, 0.05) is 12.7 Å². The minimum atomic E-state index is -0.856. The monoisotopic (exact) mass is 421 g/mol. The van der Waals surface area contributed by atoms with E-state index < -0.39 is 17.7 Å². The van der Waals surface area contributed by atoms with Gasteiger partial charge in [-0.3, -0.25) is 4.79 Å². The predicted molar refractivity (Wildman–Crippen MR) is 112 cm³/mol. The number of benzene rings is 1. The summed E-state index contributed by atoms with van der Waals surface area (Å²) in [4.78, 5) is 26.4. The molecule has 0 bridgehead atoms. The minimum absolute atomic E-state index is 0.00935. The Balaban J connectivity index is 1.66. The molecule has 3 unspecified atom stereocenters. The van der Waals surface area contributed by atoms with Crippen molar-refractivity contribution in [2.75, 3.05) is 23.9 Å². The fourth-order valence-electron chi connectivity index (χ4n) is 2.94. The Labute approximate surface area is 177 Å². The average Bonchev–Trinajstić information content (AvgIpc) is 3.32. The fourth-order valence-corrected chi connectivity index (χ4v) is 2.94. The fraction of sp³-hybridized carbons (Fsp3) is 0.619. The molecule has 3 rings (SSSR count). The molecule has 166 valence electrons. The first-order valence-electron chi connectivity index (χ1n) is 9.96. The van der Waals surface area contributed by atoms with E-state index in [1.54, 1.807) is 40.0 Å². The molecular weight excluding hydrogens is 390 g/mol. The maximum atomic E-state index is 12.9. The number of carbonyl (C=O) groups is 2. The van der Waals surface area contributed by atoms with E-state index in [4.69, 9.17) is 18.9 Å². The Hall–Kier alpha value is -2.52. The molecule has 2 N–H and O–H groups in total. The molecule has 1 saturated heterocycles. The summed E-state index contributed by atoms with van der Waals surface area (Å²) in [6, 6.07) is 4.57. The largest absolute Gasteiger partial charge is 0.489 e. The maximum Gasteiger partial charge on any atom is 0.408 e. The summed E-state index contributed by atoms with van der Waals surface area (Å²) in [7, 11) is 1.64. The molecule has 9 nitrogen and oxygen atoms in total. The van der Waals surface area contributed by atoms with E-state index in [2.05, 4.69) is 10.6 Å². The summed E-state index contributed by atoms with van der Waals surface area (Å²) in [6.45, 7) is 11.2. The van der Waals surface area contributed by atoms with E-state index in [1.165, 1.54) is 4.90 Å². The zero-order valence-corrected chi connectivity index (χ0v) is 18.6. The summed E-state index contributed by atoms with van der Waals surface area (Å²) in [5.41, 5.74) is 0.395. The number of epoxide rings is 1. The highest BCUT2D eigenvalue weighted by Crippen LogP contribution is 2.35. The van der Waals surface area contributed by atoms with Crippen molar-refractivity contribution in [2.24, 2.45) is 0 Å². The van der Waals surface area contributed by atoms with E-state index in [0.29, 0.717) is 11.4 Å². The normalized spacial score (nSPS) is 23.8. The van der Waals surface area contributed by atoms with Crippen LogP contribution in [-0.2, 0) is 19.0 Å². The highest BCUT2D eigenvalue weighted by molar-refractivity contribution is 6.00. The van der Waals surface area contributed by atoms with Crippen LogP contribution in [0.3, 0.4) is 0 Å². The van der Waals surface area contributed by atoms with Crippen LogP contribution >= 0.6 is 0 Å². The standard InChI is InChI=1S/C21H31N3O6/c1-20(2,3)29-18-16(28-18)22-12-8-9-15-14(10-12)24(7)17(25)13(11-27-15)23-19(26)30-21(4,5)6/h8-10,13,16,18,22H,11H2,1-7H3,(H,23,26). The van der Waals surface area contributed by atoms with Crippen molar-refractivity contribution in [2.45, 2.75) is 71.3 Å². The van der Waals surface area contributed by atoms with Gasteiger partial charge in [-0.15, -0.1) is 0 Å². The second kappa shape index (κ2) is 7.96. The van der Waals surface area contributed by atoms with E-state index in [9.17, 15) is 9.59 Å². The summed E-state index contributed by atoms with van der Waals surface area (Å²) < 4.78 is 22.3. The van der Waals surface area contributed by atoms with Crippen LogP contribution in [0.5, 0.6) is 5.75 Å². The molecular formula is C21H31N3O6. The van der Waals surface area contributed by atoms with Crippen molar-refractivity contribution in [1.29, 1.82) is 0 Å². The molecule has 0 radical (unpaired) electrons. The Morgan fingerprint density at radius 1 is 1.17 bits per heavy atom.